The third-order valence-electron chi connectivity index (χ3n) is 2.09. The maximum Gasteiger partial charge on any atom is 0.239 e. The highest BCUT2D eigenvalue weighted by atomic mass is 32.1. The molecule has 0 atom stereocenters. The summed E-state index contributed by atoms with van der Waals surface area (Å²) in [4.78, 5) is 20.3. The molecule has 2 aromatic rings. The number of nitrogens with zero attached hydrogens (tertiary/aromatic N) is 1. The summed E-state index contributed by atoms with van der Waals surface area (Å²) in [6, 6.07) is 7.46. The third-order valence-corrected chi connectivity index (χ3v) is 3.06. The minimum Gasteiger partial charge on any atom is -0.380 e. The van der Waals surface area contributed by atoms with Gasteiger partial charge < -0.3 is 4.84 Å². The third kappa shape index (κ3) is 2.20. The van der Waals surface area contributed by atoms with Gasteiger partial charge in [0.05, 0.1) is 16.1 Å². The summed E-state index contributed by atoms with van der Waals surface area (Å²) in [6.07, 6.45) is 0.487. The smallest absolute Gasteiger partial charge is 0.239 e. The van der Waals surface area contributed by atoms with Crippen molar-refractivity contribution < 1.29 is 9.63 Å². The first kappa shape index (κ1) is 10.6. The lowest BCUT2D eigenvalue weighted by Gasteiger charge is -2.03. The van der Waals surface area contributed by atoms with Crippen LogP contribution in [0, 0.1) is 6.92 Å². The normalized spacial score (nSPS) is 9.81. The molecule has 0 saturated heterocycles. The lowest BCUT2D eigenvalue weighted by Crippen LogP contribution is -2.15. The van der Waals surface area contributed by atoms with E-state index in [0.717, 1.165) is 16.1 Å². The van der Waals surface area contributed by atoms with Gasteiger partial charge >= 0.3 is 0 Å². The van der Waals surface area contributed by atoms with Crippen molar-refractivity contribution in [2.45, 2.75) is 6.92 Å². The first-order chi connectivity index (χ1) is 7.81. The second-order valence-electron chi connectivity index (χ2n) is 3.13. The Morgan fingerprint density at radius 2 is 2.12 bits per heavy atom. The number of benzene rings is 1. The fraction of sp³-hybridized carbons (Fsp3) is 0.0909. The van der Waals surface area contributed by atoms with Crippen LogP contribution in [0.15, 0.2) is 29.8 Å². The van der Waals surface area contributed by atoms with E-state index in [1.807, 2.05) is 24.6 Å². The van der Waals surface area contributed by atoms with E-state index in [1.165, 1.54) is 0 Å². The van der Waals surface area contributed by atoms with Crippen LogP contribution in [0.3, 0.4) is 0 Å². The average molecular weight is 234 g/mol. The lowest BCUT2D eigenvalue weighted by molar-refractivity contribution is -0.115. The minimum atomic E-state index is 0.487. The zero-order valence-corrected chi connectivity index (χ0v) is 9.45. The van der Waals surface area contributed by atoms with Crippen LogP contribution in [0.25, 0.3) is 10.4 Å². The monoisotopic (exact) mass is 234 g/mol. The van der Waals surface area contributed by atoms with Crippen LogP contribution in [0.2, 0.25) is 0 Å². The fourth-order valence-electron chi connectivity index (χ4n) is 1.35. The van der Waals surface area contributed by atoms with E-state index in [4.69, 9.17) is 4.84 Å². The number of aromatic nitrogens is 1. The second-order valence-corrected chi connectivity index (χ2v) is 3.98. The Balaban J connectivity index is 2.19. The van der Waals surface area contributed by atoms with Crippen LogP contribution in [0.1, 0.15) is 5.69 Å². The lowest BCUT2D eigenvalue weighted by atomic mass is 10.1. The number of rotatable bonds is 4. The van der Waals surface area contributed by atoms with E-state index in [1.54, 1.807) is 23.5 Å². The predicted molar refractivity (Wildman–Crippen MR) is 62.1 cm³/mol. The van der Waals surface area contributed by atoms with Gasteiger partial charge in [-0.3, -0.25) is 4.79 Å². The zero-order chi connectivity index (χ0) is 11.4. The second kappa shape index (κ2) is 4.76. The minimum absolute atomic E-state index is 0.487. The number of amides is 1. The molecule has 0 aliphatic carbocycles. The Morgan fingerprint density at radius 1 is 1.38 bits per heavy atom. The van der Waals surface area contributed by atoms with Crippen LogP contribution in [0.5, 0.6) is 5.75 Å². The quantitative estimate of drug-likeness (QED) is 0.651. The molecule has 0 radical (unpaired) electrons. The highest BCUT2D eigenvalue weighted by Gasteiger charge is 2.04. The van der Waals surface area contributed by atoms with E-state index in [9.17, 15) is 4.79 Å². The molecule has 0 aliphatic heterocycles. The fourth-order valence-corrected chi connectivity index (χ4v) is 2.16. The summed E-state index contributed by atoms with van der Waals surface area (Å²) in [5.41, 5.74) is 6.08. The summed E-state index contributed by atoms with van der Waals surface area (Å²) in [5.74, 6) is 0.595. The van der Waals surface area contributed by atoms with Gasteiger partial charge in [-0.15, -0.1) is 11.3 Å². The Labute approximate surface area is 96.9 Å². The molecule has 0 saturated carbocycles. The molecule has 4 nitrogen and oxygen atoms in total. The van der Waals surface area contributed by atoms with Crippen molar-refractivity contribution >= 4 is 17.7 Å². The number of hydrogen-bond acceptors (Lipinski definition) is 4. The van der Waals surface area contributed by atoms with Crippen molar-refractivity contribution in [2.24, 2.45) is 0 Å². The molecule has 82 valence electrons. The summed E-state index contributed by atoms with van der Waals surface area (Å²) in [6.45, 7) is 1.98. The number of thiazole rings is 1. The van der Waals surface area contributed by atoms with Crippen molar-refractivity contribution in [3.8, 4) is 16.2 Å². The van der Waals surface area contributed by atoms with Gasteiger partial charge in [-0.1, -0.05) is 0 Å². The Bertz CT molecular complexity index is 479. The number of aryl methyl sites for hydroxylation is 1. The molecule has 1 amide bonds. The summed E-state index contributed by atoms with van der Waals surface area (Å²) in [7, 11) is 0. The Morgan fingerprint density at radius 3 is 2.69 bits per heavy atom. The maximum absolute atomic E-state index is 10.0. The van der Waals surface area contributed by atoms with Gasteiger partial charge in [0.2, 0.25) is 6.41 Å². The first-order valence-corrected chi connectivity index (χ1v) is 5.56. The highest BCUT2D eigenvalue weighted by Crippen LogP contribution is 2.28. The van der Waals surface area contributed by atoms with E-state index in [2.05, 4.69) is 10.5 Å². The molecule has 5 heteroatoms. The maximum atomic E-state index is 10.0. The first-order valence-electron chi connectivity index (χ1n) is 4.68. The SMILES string of the molecule is Cc1ncsc1-c1ccc(ONC=O)cc1. The average Bonchev–Trinajstić information content (AvgIpc) is 2.74. The van der Waals surface area contributed by atoms with Crippen LogP contribution in [0.4, 0.5) is 0 Å². The van der Waals surface area contributed by atoms with E-state index < -0.39 is 0 Å². The molecule has 1 aromatic carbocycles. The molecule has 0 bridgehead atoms. The largest absolute Gasteiger partial charge is 0.380 e. The molecular weight excluding hydrogens is 224 g/mol. The van der Waals surface area contributed by atoms with Gasteiger partial charge in [-0.25, -0.2) is 4.98 Å². The number of carbonyl (C=O) groups excluding carboxylic acids is 1. The van der Waals surface area contributed by atoms with Crippen molar-refractivity contribution in [1.29, 1.82) is 0 Å². The van der Waals surface area contributed by atoms with Crippen LogP contribution >= 0.6 is 11.3 Å². The highest BCUT2D eigenvalue weighted by molar-refractivity contribution is 7.13. The molecule has 0 fully saturated rings. The molecular formula is C11H10N2O2S. The Hall–Kier alpha value is -1.88. The van der Waals surface area contributed by atoms with Gasteiger partial charge in [-0.2, -0.15) is 5.48 Å². The molecule has 16 heavy (non-hydrogen) atoms. The van der Waals surface area contributed by atoms with E-state index in [-0.39, 0.29) is 0 Å². The topological polar surface area (TPSA) is 51.2 Å². The summed E-state index contributed by atoms with van der Waals surface area (Å²) in [5, 5.41) is 0. The van der Waals surface area contributed by atoms with Crippen molar-refractivity contribution in [2.75, 3.05) is 0 Å². The molecule has 1 N–H and O–H groups in total. The number of hydroxylamine groups is 1. The summed E-state index contributed by atoms with van der Waals surface area (Å²) < 4.78 is 0. The van der Waals surface area contributed by atoms with E-state index >= 15 is 0 Å². The number of hydrogen-bond donors (Lipinski definition) is 1. The molecule has 2 rings (SSSR count). The molecule has 1 heterocycles. The van der Waals surface area contributed by atoms with Crippen LogP contribution < -0.4 is 10.3 Å². The van der Waals surface area contributed by atoms with Crippen LogP contribution in [-0.4, -0.2) is 11.4 Å². The van der Waals surface area contributed by atoms with Gasteiger partial charge in [0.25, 0.3) is 0 Å². The molecule has 0 aliphatic rings. The Kier molecular flexibility index (Phi) is 3.16. The van der Waals surface area contributed by atoms with Crippen LogP contribution in [-0.2, 0) is 4.79 Å². The molecule has 1 aromatic heterocycles. The van der Waals surface area contributed by atoms with Crippen molar-refractivity contribution in [3.05, 3.63) is 35.5 Å². The van der Waals surface area contributed by atoms with Crippen molar-refractivity contribution in [1.82, 2.24) is 10.5 Å². The molecule has 0 spiro atoms. The van der Waals surface area contributed by atoms with Gasteiger partial charge in [0.1, 0.15) is 0 Å². The van der Waals surface area contributed by atoms with Gasteiger partial charge in [0, 0.05) is 0 Å². The number of carbonyl (C=O) groups is 1. The standard InChI is InChI=1S/C11H10N2O2S/c1-8-11(16-7-12-8)9-2-4-10(5-3-9)15-13-6-14/h2-7H,1H3,(H,13,14). The van der Waals surface area contributed by atoms with Gasteiger partial charge in [-0.05, 0) is 36.8 Å². The predicted octanol–water partition coefficient (Wildman–Crippen LogP) is 2.16. The number of nitrogens with one attached hydrogen (secondary N) is 1. The molecule has 0 unspecified atom stereocenters. The summed E-state index contributed by atoms with van der Waals surface area (Å²) >= 11 is 1.60. The van der Waals surface area contributed by atoms with E-state index in [0.29, 0.717) is 12.2 Å². The van der Waals surface area contributed by atoms with Crippen molar-refractivity contribution in [3.63, 3.8) is 0 Å². The van der Waals surface area contributed by atoms with Gasteiger partial charge in [0.15, 0.2) is 5.75 Å². The zero-order valence-electron chi connectivity index (χ0n) is 8.64.